The third kappa shape index (κ3) is 5.27. The molecule has 0 aliphatic carbocycles. The van der Waals surface area contributed by atoms with Crippen LogP contribution in [0.25, 0.3) is 11.0 Å². The summed E-state index contributed by atoms with van der Waals surface area (Å²) in [6.07, 6.45) is 0. The largest absolute Gasteiger partial charge is 0.468 e. The molecule has 55 heavy (non-hydrogen) atoms. The van der Waals surface area contributed by atoms with Crippen molar-refractivity contribution in [2.45, 2.75) is 106 Å². The van der Waals surface area contributed by atoms with E-state index in [0.29, 0.717) is 0 Å². The van der Waals surface area contributed by atoms with Crippen LogP contribution < -0.4 is 35.9 Å². The Hall–Kier alpha value is -5.10. The van der Waals surface area contributed by atoms with Gasteiger partial charge in [0.25, 0.3) is 6.71 Å². The Morgan fingerprint density at radius 3 is 1.82 bits per heavy atom. The summed E-state index contributed by atoms with van der Waals surface area (Å²) in [5, 5.41) is 1.15. The Morgan fingerprint density at radius 1 is 0.564 bits per heavy atom. The number of ether oxygens (including phenoxy) is 2. The molecular formula is C49H53BN2O3. The van der Waals surface area contributed by atoms with Crippen LogP contribution in [0.4, 0.5) is 34.1 Å². The molecule has 6 aromatic rings. The summed E-state index contributed by atoms with van der Waals surface area (Å²) < 4.78 is 19.3. The third-order valence-electron chi connectivity index (χ3n) is 12.2. The minimum absolute atomic E-state index is 0.0248. The van der Waals surface area contributed by atoms with Gasteiger partial charge in [0.15, 0.2) is 11.5 Å². The molecule has 0 unspecified atom stereocenters. The minimum atomic E-state index is -0.124. The molecule has 0 saturated heterocycles. The highest BCUT2D eigenvalue weighted by atomic mass is 16.7. The van der Waals surface area contributed by atoms with Crippen molar-refractivity contribution in [3.63, 3.8) is 0 Å². The van der Waals surface area contributed by atoms with E-state index in [1.54, 1.807) is 0 Å². The van der Waals surface area contributed by atoms with Crippen molar-refractivity contribution in [3.8, 4) is 11.5 Å². The summed E-state index contributed by atoms with van der Waals surface area (Å²) in [5.74, 6) is 1.63. The van der Waals surface area contributed by atoms with Crippen LogP contribution >= 0.6 is 0 Å². The van der Waals surface area contributed by atoms with E-state index >= 15 is 0 Å². The zero-order valence-electron chi connectivity index (χ0n) is 34.8. The normalized spacial score (nSPS) is 14.7. The molecule has 5 aromatic carbocycles. The number of hydrogen-bond acceptors (Lipinski definition) is 5. The SMILES string of the molecule is Cc1cc(C(C)(C)C)cc(C)c1N1c2cccc3c2B(c2cc(C(C)(C)C)ccc2N3c2c(C)cc3c(c2C)OCO3)c2oc3ccc(C(C)(C)C)cc3c21. The molecule has 3 aliphatic rings. The maximum atomic E-state index is 7.25. The quantitative estimate of drug-likeness (QED) is 0.166. The highest BCUT2D eigenvalue weighted by Gasteiger charge is 2.48. The maximum Gasteiger partial charge on any atom is 0.297 e. The number of hydrogen-bond donors (Lipinski definition) is 0. The second-order valence-corrected chi connectivity index (χ2v) is 19.2. The Labute approximate surface area is 327 Å². The van der Waals surface area contributed by atoms with Gasteiger partial charge in [0.1, 0.15) is 5.58 Å². The van der Waals surface area contributed by atoms with Gasteiger partial charge in [0, 0.05) is 28.0 Å². The lowest BCUT2D eigenvalue weighted by atomic mass is 9.35. The second-order valence-electron chi connectivity index (χ2n) is 19.2. The first-order valence-electron chi connectivity index (χ1n) is 19.8. The highest BCUT2D eigenvalue weighted by Crippen LogP contribution is 2.52. The zero-order valence-corrected chi connectivity index (χ0v) is 34.8. The Bertz CT molecular complexity index is 2570. The lowest BCUT2D eigenvalue weighted by Crippen LogP contribution is -2.61. The maximum absolute atomic E-state index is 7.25. The first-order chi connectivity index (χ1) is 25.8. The van der Waals surface area contributed by atoms with Gasteiger partial charge in [-0.25, -0.2) is 0 Å². The number of rotatable bonds is 2. The van der Waals surface area contributed by atoms with Crippen molar-refractivity contribution in [2.75, 3.05) is 16.6 Å². The fraction of sp³-hybridized carbons (Fsp3) is 0.347. The number of nitrogens with zero attached hydrogens (tertiary/aromatic N) is 2. The van der Waals surface area contributed by atoms with Crippen molar-refractivity contribution in [1.29, 1.82) is 0 Å². The van der Waals surface area contributed by atoms with Gasteiger partial charge in [-0.05, 0) is 125 Å². The van der Waals surface area contributed by atoms with Crippen molar-refractivity contribution in [3.05, 3.63) is 112 Å². The van der Waals surface area contributed by atoms with Crippen LogP contribution in [0.3, 0.4) is 0 Å². The molecule has 0 N–H and O–H groups in total. The van der Waals surface area contributed by atoms with Crippen LogP contribution in [0.2, 0.25) is 0 Å². The van der Waals surface area contributed by atoms with Crippen molar-refractivity contribution in [1.82, 2.24) is 0 Å². The van der Waals surface area contributed by atoms with E-state index in [4.69, 9.17) is 13.9 Å². The number of furan rings is 1. The first kappa shape index (κ1) is 35.6. The van der Waals surface area contributed by atoms with E-state index in [1.165, 1.54) is 50.1 Å². The lowest BCUT2D eigenvalue weighted by molar-refractivity contribution is 0.173. The molecule has 0 radical (unpaired) electrons. The van der Waals surface area contributed by atoms with Crippen LogP contribution in [-0.4, -0.2) is 13.5 Å². The Balaban J connectivity index is 1.42. The van der Waals surface area contributed by atoms with E-state index in [2.05, 4.69) is 173 Å². The van der Waals surface area contributed by atoms with Crippen LogP contribution in [0.5, 0.6) is 11.5 Å². The Morgan fingerprint density at radius 2 is 1.16 bits per heavy atom. The van der Waals surface area contributed by atoms with E-state index in [1.807, 2.05) is 0 Å². The van der Waals surface area contributed by atoms with Crippen molar-refractivity contribution in [2.24, 2.45) is 0 Å². The average Bonchev–Trinajstić information content (AvgIpc) is 3.73. The molecule has 3 aliphatic heterocycles. The second kappa shape index (κ2) is 11.7. The molecule has 0 atom stereocenters. The van der Waals surface area contributed by atoms with Gasteiger partial charge in [-0.1, -0.05) is 98.7 Å². The van der Waals surface area contributed by atoms with Gasteiger partial charge in [-0.15, -0.1) is 0 Å². The molecule has 280 valence electrons. The van der Waals surface area contributed by atoms with Crippen LogP contribution in [0.15, 0.2) is 77.2 Å². The van der Waals surface area contributed by atoms with Gasteiger partial charge in [0.05, 0.1) is 22.7 Å². The number of benzene rings is 5. The summed E-state index contributed by atoms with van der Waals surface area (Å²) >= 11 is 0. The number of aryl methyl sites for hydroxylation is 3. The van der Waals surface area contributed by atoms with Crippen molar-refractivity contribution < 1.29 is 13.9 Å². The fourth-order valence-electron chi connectivity index (χ4n) is 9.27. The predicted molar refractivity (Wildman–Crippen MR) is 231 cm³/mol. The van der Waals surface area contributed by atoms with Gasteiger partial charge in [-0.3, -0.25) is 0 Å². The van der Waals surface area contributed by atoms with Gasteiger partial charge < -0.3 is 23.7 Å². The molecule has 9 rings (SSSR count). The topological polar surface area (TPSA) is 38.1 Å². The molecule has 4 heterocycles. The van der Waals surface area contributed by atoms with E-state index < -0.39 is 0 Å². The zero-order chi connectivity index (χ0) is 39.1. The first-order valence-corrected chi connectivity index (χ1v) is 19.8. The summed E-state index contributed by atoms with van der Waals surface area (Å²) in [4.78, 5) is 5.02. The number of fused-ring (bicyclic) bond motifs is 7. The summed E-state index contributed by atoms with van der Waals surface area (Å²) in [5.41, 5.74) is 20.0. The minimum Gasteiger partial charge on any atom is -0.468 e. The van der Waals surface area contributed by atoms with E-state index in [0.717, 1.165) is 62.0 Å². The molecule has 5 nitrogen and oxygen atoms in total. The highest BCUT2D eigenvalue weighted by molar-refractivity contribution is 7.00. The van der Waals surface area contributed by atoms with E-state index in [-0.39, 0.29) is 29.8 Å². The molecular weight excluding hydrogens is 675 g/mol. The van der Waals surface area contributed by atoms with Gasteiger partial charge in [0.2, 0.25) is 6.79 Å². The molecule has 0 fully saturated rings. The van der Waals surface area contributed by atoms with Crippen LogP contribution in [0.1, 0.15) is 101 Å². The summed E-state index contributed by atoms with van der Waals surface area (Å²) in [6, 6.07) is 27.7. The van der Waals surface area contributed by atoms with Crippen LogP contribution in [0, 0.1) is 27.7 Å². The fourth-order valence-corrected chi connectivity index (χ4v) is 9.27. The summed E-state index contributed by atoms with van der Waals surface area (Å²) in [7, 11) is 0. The molecule has 1 aromatic heterocycles. The van der Waals surface area contributed by atoms with Gasteiger partial charge >= 0.3 is 0 Å². The lowest BCUT2D eigenvalue weighted by Gasteiger charge is -2.44. The molecule has 0 amide bonds. The summed E-state index contributed by atoms with van der Waals surface area (Å²) in [6.45, 7) is 29.7. The smallest absolute Gasteiger partial charge is 0.297 e. The predicted octanol–water partition coefficient (Wildman–Crippen LogP) is 11.4. The van der Waals surface area contributed by atoms with Crippen LogP contribution in [-0.2, 0) is 16.2 Å². The molecule has 0 bridgehead atoms. The average molecular weight is 729 g/mol. The van der Waals surface area contributed by atoms with Gasteiger partial charge in [-0.2, -0.15) is 0 Å². The number of anilines is 6. The molecule has 0 spiro atoms. The van der Waals surface area contributed by atoms with E-state index in [9.17, 15) is 0 Å². The molecule has 0 saturated carbocycles. The monoisotopic (exact) mass is 728 g/mol. The Kier molecular flexibility index (Phi) is 7.58. The third-order valence-corrected chi connectivity index (χ3v) is 12.2. The standard InChI is InChI=1S/C49H53BN2O3/c1-27-21-33(49(11,12)13)22-28(2)42(27)52-38-16-14-15-37-41(38)50(46-44(52)34-24-31(47(5,6)7)18-20-39(34)55-46)35-25-32(48(8,9)10)17-19-36(35)51(37)43-29(3)23-40-45(30(43)4)54-26-53-40/h14-25H,26H2,1-13H3. The molecule has 6 heteroatoms. The van der Waals surface area contributed by atoms with Crippen molar-refractivity contribution >= 4 is 68.4 Å².